The lowest BCUT2D eigenvalue weighted by Gasteiger charge is -2.31. The van der Waals surface area contributed by atoms with Crippen LogP contribution in [0.4, 0.5) is 0 Å². The van der Waals surface area contributed by atoms with Gasteiger partial charge in [-0.3, -0.25) is 52.9 Å². The highest BCUT2D eigenvalue weighted by atomic mass is 32.1. The van der Waals surface area contributed by atoms with E-state index in [1.165, 1.54) is 36.1 Å². The molecule has 2 aromatic rings. The average Bonchev–Trinajstić information content (AvgIpc) is 4.09. The first kappa shape index (κ1) is 70.6. The number of aromatic hydroxyl groups is 1. The SMILES string of the molecule is CC[C@H](C)[C@H](NC(=O)[C@H](C)NC(=O)[C@@H]1CCCN1C(=O)[C@H](Cc1ccccc1)NC(=O)[C@H](Cc1ccc(O)cc1)NC(=O)[C@H](CCC(N)=O)NC(=O)[C@H](CCCN=C(N)N)NC(=O)[C@@H](N)CS)C(=O)N[C@@H](CC(C)C)C(=O)N[C@@H](CS)C(=O)O. The number of carbonyl (C=O) groups excluding carboxylic acids is 10. The van der Waals surface area contributed by atoms with Gasteiger partial charge >= 0.3 is 5.97 Å². The minimum Gasteiger partial charge on any atom is -0.508 e. The molecule has 0 aromatic heterocycles. The molecule has 84 heavy (non-hydrogen) atoms. The zero-order chi connectivity index (χ0) is 62.8. The molecule has 1 heterocycles. The first-order chi connectivity index (χ1) is 39.7. The fourth-order valence-electron chi connectivity index (χ4n) is 8.91. The molecule has 10 amide bonds. The van der Waals surface area contributed by atoms with Crippen LogP contribution in [-0.4, -0.2) is 171 Å². The number of carboxylic acid groups (broad SMARTS) is 1. The zero-order valence-corrected chi connectivity index (χ0v) is 49.8. The third-order valence-electron chi connectivity index (χ3n) is 13.9. The van der Waals surface area contributed by atoms with Crippen molar-refractivity contribution in [2.75, 3.05) is 24.6 Å². The number of amides is 10. The van der Waals surface area contributed by atoms with E-state index in [4.69, 9.17) is 22.9 Å². The Bertz CT molecular complexity index is 2610. The molecule has 0 radical (unpaired) electrons. The second kappa shape index (κ2) is 35.5. The van der Waals surface area contributed by atoms with Gasteiger partial charge < -0.3 is 80.6 Å². The van der Waals surface area contributed by atoms with Crippen LogP contribution in [0.25, 0.3) is 0 Å². The van der Waals surface area contributed by atoms with Gasteiger partial charge in [-0.1, -0.05) is 76.6 Å². The van der Waals surface area contributed by atoms with Crippen LogP contribution < -0.4 is 65.5 Å². The van der Waals surface area contributed by atoms with Gasteiger partial charge in [0.2, 0.25) is 59.1 Å². The molecule has 11 atom stereocenters. The van der Waals surface area contributed by atoms with Crippen LogP contribution in [0.2, 0.25) is 0 Å². The molecule has 2 aromatic carbocycles. The molecular weight excluding hydrogens is 1130 g/mol. The molecule has 0 saturated carbocycles. The van der Waals surface area contributed by atoms with E-state index in [0.717, 1.165) is 0 Å². The van der Waals surface area contributed by atoms with Crippen molar-refractivity contribution in [2.45, 2.75) is 159 Å². The van der Waals surface area contributed by atoms with Gasteiger partial charge in [-0.15, -0.1) is 0 Å². The molecule has 0 bridgehead atoms. The summed E-state index contributed by atoms with van der Waals surface area (Å²) in [7, 11) is 0. The van der Waals surface area contributed by atoms with E-state index in [1.807, 2.05) is 13.8 Å². The van der Waals surface area contributed by atoms with Crippen molar-refractivity contribution in [3.05, 3.63) is 65.7 Å². The molecule has 0 unspecified atom stereocenters. The second-order valence-corrected chi connectivity index (χ2v) is 21.8. The predicted molar refractivity (Wildman–Crippen MR) is 318 cm³/mol. The summed E-state index contributed by atoms with van der Waals surface area (Å²) in [6, 6.07) is 1.39. The fraction of sp³-hybridized carbons (Fsp3) is 0.564. The number of benzene rings is 2. The maximum atomic E-state index is 14.9. The normalized spacial score (nSPS) is 16.5. The molecule has 3 rings (SSSR count). The van der Waals surface area contributed by atoms with E-state index in [1.54, 1.807) is 44.2 Å². The van der Waals surface area contributed by atoms with Crippen LogP contribution in [0.5, 0.6) is 5.75 Å². The fourth-order valence-corrected chi connectivity index (χ4v) is 9.33. The summed E-state index contributed by atoms with van der Waals surface area (Å²) in [5.74, 6) is -10.4. The van der Waals surface area contributed by atoms with Crippen LogP contribution in [0.15, 0.2) is 59.6 Å². The van der Waals surface area contributed by atoms with E-state index < -0.39 is 138 Å². The first-order valence-corrected chi connectivity index (χ1v) is 29.0. The van der Waals surface area contributed by atoms with Crippen molar-refractivity contribution in [2.24, 2.45) is 39.8 Å². The maximum Gasteiger partial charge on any atom is 0.327 e. The molecule has 29 heteroatoms. The van der Waals surface area contributed by atoms with Crippen LogP contribution in [0.3, 0.4) is 0 Å². The van der Waals surface area contributed by atoms with E-state index in [9.17, 15) is 63.0 Å². The van der Waals surface area contributed by atoms with Gasteiger partial charge in [0.05, 0.1) is 6.04 Å². The van der Waals surface area contributed by atoms with Crippen molar-refractivity contribution in [1.29, 1.82) is 0 Å². The number of nitrogens with two attached hydrogens (primary N) is 4. The van der Waals surface area contributed by atoms with Gasteiger partial charge in [0.15, 0.2) is 5.96 Å². The summed E-state index contributed by atoms with van der Waals surface area (Å²) in [6.45, 7) is 8.63. The lowest BCUT2D eigenvalue weighted by molar-refractivity contribution is -0.142. The summed E-state index contributed by atoms with van der Waals surface area (Å²) in [5.41, 5.74) is 23.3. The number of thiol groups is 2. The number of nitrogens with one attached hydrogen (secondary N) is 8. The molecule has 0 aliphatic carbocycles. The smallest absolute Gasteiger partial charge is 0.327 e. The first-order valence-electron chi connectivity index (χ1n) is 27.8. The Hall–Kier alpha value is -7.66. The van der Waals surface area contributed by atoms with E-state index in [0.29, 0.717) is 24.0 Å². The van der Waals surface area contributed by atoms with Crippen molar-refractivity contribution >= 4 is 96.3 Å². The number of carboxylic acids is 1. The largest absolute Gasteiger partial charge is 0.508 e. The number of hydrogen-bond donors (Lipinski definition) is 16. The summed E-state index contributed by atoms with van der Waals surface area (Å²) in [4.78, 5) is 155. The van der Waals surface area contributed by atoms with Gasteiger partial charge in [0.25, 0.3) is 0 Å². The molecule has 1 fully saturated rings. The average molecular weight is 1210 g/mol. The third-order valence-corrected chi connectivity index (χ3v) is 14.6. The number of rotatable bonds is 35. The highest BCUT2D eigenvalue weighted by molar-refractivity contribution is 7.80. The van der Waals surface area contributed by atoms with Crippen LogP contribution in [0, 0.1) is 11.8 Å². The summed E-state index contributed by atoms with van der Waals surface area (Å²) in [6.07, 6.45) is 0.0871. The lowest BCUT2D eigenvalue weighted by atomic mass is 9.96. The molecule has 1 saturated heterocycles. The van der Waals surface area contributed by atoms with Gasteiger partial charge in [0.1, 0.15) is 60.1 Å². The van der Waals surface area contributed by atoms with Gasteiger partial charge in [0, 0.05) is 43.9 Å². The number of hydrogen-bond acceptors (Lipinski definition) is 16. The standard InChI is InChI=1S/C55H84N14O13S2/c1-6-30(4)44(52(79)65-38(24-29(2)3)49(76)67-41(28-84)54(81)82)68-45(72)31(5)61-51(78)42-15-11-23-69(42)53(80)40(26-32-12-8-7-9-13-32)66-50(77)39(25-33-16-18-34(70)19-17-33)64-48(75)37(20-21-43(57)71)63-47(74)36(14-10-22-60-55(58)59)62-46(73)35(56)27-83/h7-9,12-13,16-19,29-31,35-42,44,70,83-84H,6,10-11,14-15,20-28,56H2,1-5H3,(H2,57,71)(H,61,78)(H,62,73)(H,63,74)(H,64,75)(H,65,79)(H,66,77)(H,67,76)(H,68,72)(H,81,82)(H4,58,59,60)/t30-,31-,35-,36-,37-,38-,39-,40-,41-,42-,44-/m0/s1. The summed E-state index contributed by atoms with van der Waals surface area (Å²) >= 11 is 8.06. The zero-order valence-electron chi connectivity index (χ0n) is 48.0. The number of primary amides is 1. The van der Waals surface area contributed by atoms with Gasteiger partial charge in [-0.05, 0) is 80.5 Å². The third kappa shape index (κ3) is 23.5. The predicted octanol–water partition coefficient (Wildman–Crippen LogP) is -2.25. The van der Waals surface area contributed by atoms with Gasteiger partial charge in [-0.2, -0.15) is 25.3 Å². The molecule has 1 aliphatic rings. The Balaban J connectivity index is 1.94. The van der Waals surface area contributed by atoms with Crippen LogP contribution in [-0.2, 0) is 65.6 Å². The van der Waals surface area contributed by atoms with Crippen molar-refractivity contribution in [1.82, 2.24) is 47.4 Å². The molecule has 0 spiro atoms. The Morgan fingerprint density at radius 2 is 1.18 bits per heavy atom. The van der Waals surface area contributed by atoms with Gasteiger partial charge in [-0.25, -0.2) is 4.79 Å². The van der Waals surface area contributed by atoms with E-state index >= 15 is 0 Å². The number of nitrogens with zero attached hydrogens (tertiary/aromatic N) is 2. The minimum absolute atomic E-state index is 0.0332. The Morgan fingerprint density at radius 3 is 1.75 bits per heavy atom. The van der Waals surface area contributed by atoms with E-state index in [2.05, 4.69) is 72.8 Å². The number of guanidine groups is 1. The number of aliphatic carboxylic acids is 1. The number of phenolic OH excluding ortho intramolecular Hbond substituents is 1. The second-order valence-electron chi connectivity index (χ2n) is 21.1. The number of aliphatic imine (C=N–C) groups is 1. The monoisotopic (exact) mass is 1210 g/mol. The van der Waals surface area contributed by atoms with E-state index in [-0.39, 0.29) is 87.2 Å². The van der Waals surface area contributed by atoms with Crippen molar-refractivity contribution in [3.63, 3.8) is 0 Å². The molecule has 18 N–H and O–H groups in total. The van der Waals surface area contributed by atoms with Crippen molar-refractivity contribution in [3.8, 4) is 5.75 Å². The summed E-state index contributed by atoms with van der Waals surface area (Å²) < 4.78 is 0. The topological polar surface area (TPSA) is 444 Å². The highest BCUT2D eigenvalue weighted by Gasteiger charge is 2.41. The van der Waals surface area contributed by atoms with Crippen LogP contribution in [0.1, 0.15) is 97.1 Å². The minimum atomic E-state index is -1.54. The Morgan fingerprint density at radius 1 is 0.643 bits per heavy atom. The Labute approximate surface area is 499 Å². The number of phenols is 1. The molecule has 27 nitrogen and oxygen atoms in total. The molecular formula is C55H84N14O13S2. The molecule has 1 aliphatic heterocycles. The lowest BCUT2D eigenvalue weighted by Crippen LogP contribution is -2.61. The maximum absolute atomic E-state index is 14.9. The van der Waals surface area contributed by atoms with Crippen molar-refractivity contribution < 1.29 is 63.0 Å². The quantitative estimate of drug-likeness (QED) is 0.0150. The molecule has 464 valence electrons. The highest BCUT2D eigenvalue weighted by Crippen LogP contribution is 2.21. The summed E-state index contributed by atoms with van der Waals surface area (Å²) in [5, 5.41) is 40.5. The Kier molecular flexibility index (Phi) is 29.8. The number of likely N-dealkylation sites (tertiary alicyclic amines) is 1. The number of carbonyl (C=O) groups is 11. The van der Waals surface area contributed by atoms with Crippen LogP contribution >= 0.6 is 25.3 Å².